The first kappa shape index (κ1) is 24.7. The largest absolute Gasteiger partial charge is 0.428 e. The molecule has 0 aliphatic heterocycles. The van der Waals surface area contributed by atoms with E-state index in [9.17, 15) is 26.7 Å². The number of methoxy groups -OCH3 is 1. The first-order chi connectivity index (χ1) is 16.5. The molecule has 4 aromatic rings. The van der Waals surface area contributed by atoms with Gasteiger partial charge in [0.15, 0.2) is 5.82 Å². The van der Waals surface area contributed by atoms with Crippen LogP contribution in [-0.2, 0) is 27.1 Å². The lowest BCUT2D eigenvalue weighted by Gasteiger charge is -2.31. The quantitative estimate of drug-likeness (QED) is 0.406. The third kappa shape index (κ3) is 4.15. The number of benzene rings is 3. The Morgan fingerprint density at radius 2 is 1.57 bits per heavy atom. The molecule has 1 atom stereocenters. The van der Waals surface area contributed by atoms with E-state index in [0.717, 1.165) is 21.0 Å². The van der Waals surface area contributed by atoms with Crippen molar-refractivity contribution in [2.24, 2.45) is 0 Å². The molecule has 0 amide bonds. The number of fused-ring (bicyclic) bond motifs is 1. The lowest BCUT2D eigenvalue weighted by Crippen LogP contribution is -2.45. The molecule has 0 radical (unpaired) electrons. The minimum absolute atomic E-state index is 0.0339. The highest BCUT2D eigenvalue weighted by Crippen LogP contribution is 2.45. The van der Waals surface area contributed by atoms with Gasteiger partial charge < -0.3 is 14.4 Å². The van der Waals surface area contributed by atoms with Gasteiger partial charge in [0.05, 0.1) is 21.6 Å². The van der Waals surface area contributed by atoms with Crippen LogP contribution >= 0.6 is 0 Å². The van der Waals surface area contributed by atoms with E-state index < -0.39 is 33.2 Å². The number of aliphatic hydroxyl groups is 1. The summed E-state index contributed by atoms with van der Waals surface area (Å²) in [6, 6.07) is 18.5. The van der Waals surface area contributed by atoms with E-state index >= 15 is 0 Å². The Bertz CT molecular complexity index is 1440. The molecule has 7 nitrogen and oxygen atoms in total. The van der Waals surface area contributed by atoms with Crippen LogP contribution in [-0.4, -0.2) is 43.4 Å². The second-order valence-corrected chi connectivity index (χ2v) is 9.78. The van der Waals surface area contributed by atoms with Gasteiger partial charge in [-0.25, -0.2) is 13.4 Å². The fourth-order valence-electron chi connectivity index (χ4n) is 3.83. The molecule has 0 saturated carbocycles. The summed E-state index contributed by atoms with van der Waals surface area (Å²) < 4.78 is 76.3. The lowest BCUT2D eigenvalue weighted by molar-refractivity contribution is -0.252. The molecule has 35 heavy (non-hydrogen) atoms. The molecule has 4 rings (SSSR count). The second kappa shape index (κ2) is 8.99. The Morgan fingerprint density at radius 1 is 0.971 bits per heavy atom. The third-order valence-electron chi connectivity index (χ3n) is 5.70. The van der Waals surface area contributed by atoms with E-state index in [1.54, 1.807) is 36.4 Å². The van der Waals surface area contributed by atoms with E-state index in [1.165, 1.54) is 44.5 Å². The van der Waals surface area contributed by atoms with Crippen LogP contribution in [0.15, 0.2) is 83.8 Å². The van der Waals surface area contributed by atoms with Gasteiger partial charge in [0.1, 0.15) is 6.73 Å². The van der Waals surface area contributed by atoms with Crippen molar-refractivity contribution in [2.75, 3.05) is 18.5 Å². The zero-order valence-corrected chi connectivity index (χ0v) is 19.6. The summed E-state index contributed by atoms with van der Waals surface area (Å²) in [5, 5.41) is 11.2. The topological polar surface area (TPSA) is 84.7 Å². The summed E-state index contributed by atoms with van der Waals surface area (Å²) in [7, 11) is -1.32. The van der Waals surface area contributed by atoms with Crippen LogP contribution in [0, 0.1) is 0 Å². The summed E-state index contributed by atoms with van der Waals surface area (Å²) in [5.41, 5.74) is -3.27. The van der Waals surface area contributed by atoms with E-state index in [4.69, 9.17) is 4.74 Å². The Hall–Kier alpha value is -3.41. The van der Waals surface area contributed by atoms with Crippen molar-refractivity contribution in [1.29, 1.82) is 0 Å². The number of aromatic nitrogens is 2. The normalized spacial score (nSPS) is 14.1. The van der Waals surface area contributed by atoms with E-state index in [2.05, 4.69) is 4.98 Å². The number of hydrogen-bond acceptors (Lipinski definition) is 5. The Kier molecular flexibility index (Phi) is 6.34. The number of nitrogens with zero attached hydrogens (tertiary/aromatic N) is 3. The van der Waals surface area contributed by atoms with Crippen LogP contribution < -0.4 is 4.31 Å². The minimum Gasteiger partial charge on any atom is -0.370 e. The maximum atomic E-state index is 14.4. The standard InChI is InChI=1S/C24H22F3N3O4S/c1-29(35(32,33)19-8-4-3-5-9-19)18-14-12-17(13-15-18)23(31,24(25,26)27)22-28-20-10-6-7-11-21(20)30(22)16-34-2/h3-15,31H,16H2,1-2H3. The molecule has 1 N–H and O–H groups in total. The highest BCUT2D eigenvalue weighted by Gasteiger charge is 2.59. The third-order valence-corrected chi connectivity index (χ3v) is 7.50. The Morgan fingerprint density at radius 3 is 2.17 bits per heavy atom. The zero-order chi connectivity index (χ0) is 25.4. The van der Waals surface area contributed by atoms with Crippen molar-refractivity contribution < 1.29 is 31.4 Å². The van der Waals surface area contributed by atoms with Crippen molar-refractivity contribution in [3.63, 3.8) is 0 Å². The van der Waals surface area contributed by atoms with Gasteiger partial charge in [-0.3, -0.25) is 4.31 Å². The van der Waals surface area contributed by atoms with Gasteiger partial charge in [-0.05, 0) is 36.4 Å². The molecule has 11 heteroatoms. The zero-order valence-electron chi connectivity index (χ0n) is 18.8. The molecular weight excluding hydrogens is 483 g/mol. The summed E-state index contributed by atoms with van der Waals surface area (Å²) in [6.07, 6.45) is -5.15. The number of para-hydroxylation sites is 2. The predicted molar refractivity (Wildman–Crippen MR) is 124 cm³/mol. The monoisotopic (exact) mass is 505 g/mol. The van der Waals surface area contributed by atoms with Crippen LogP contribution in [0.4, 0.5) is 18.9 Å². The van der Waals surface area contributed by atoms with E-state index in [1.807, 2.05) is 0 Å². The fraction of sp³-hybridized carbons (Fsp3) is 0.208. The van der Waals surface area contributed by atoms with Crippen LogP contribution in [0.25, 0.3) is 11.0 Å². The predicted octanol–water partition coefficient (Wildman–Crippen LogP) is 4.26. The number of imidazole rings is 1. The Labute approximate surface area is 200 Å². The van der Waals surface area contributed by atoms with Crippen molar-refractivity contribution in [3.05, 3.63) is 90.3 Å². The molecule has 0 aliphatic rings. The first-order valence-corrected chi connectivity index (χ1v) is 11.8. The van der Waals surface area contributed by atoms with E-state index in [0.29, 0.717) is 5.52 Å². The molecule has 0 saturated heterocycles. The van der Waals surface area contributed by atoms with Crippen LogP contribution in [0.2, 0.25) is 0 Å². The van der Waals surface area contributed by atoms with Crippen molar-refractivity contribution in [2.45, 2.75) is 23.4 Å². The van der Waals surface area contributed by atoms with Gasteiger partial charge in [0.25, 0.3) is 10.0 Å². The average Bonchev–Trinajstić information content (AvgIpc) is 3.22. The maximum absolute atomic E-state index is 14.4. The van der Waals surface area contributed by atoms with Gasteiger partial charge in [-0.15, -0.1) is 0 Å². The number of ether oxygens (including phenoxy) is 1. The minimum atomic E-state index is -5.15. The van der Waals surface area contributed by atoms with Gasteiger partial charge >= 0.3 is 6.18 Å². The van der Waals surface area contributed by atoms with Gasteiger partial charge in [-0.1, -0.05) is 42.5 Å². The smallest absolute Gasteiger partial charge is 0.370 e. The van der Waals surface area contributed by atoms with Crippen LogP contribution in [0.3, 0.4) is 0 Å². The molecule has 184 valence electrons. The highest BCUT2D eigenvalue weighted by molar-refractivity contribution is 7.92. The number of halogens is 3. The fourth-order valence-corrected chi connectivity index (χ4v) is 5.05. The molecule has 0 aliphatic carbocycles. The summed E-state index contributed by atoms with van der Waals surface area (Å²) in [6.45, 7) is -0.273. The molecule has 1 aromatic heterocycles. The molecular formula is C24H22F3N3O4S. The molecule has 1 unspecified atom stereocenters. The number of sulfonamides is 1. The van der Waals surface area contributed by atoms with Crippen molar-refractivity contribution >= 4 is 26.7 Å². The summed E-state index contributed by atoms with van der Waals surface area (Å²) >= 11 is 0. The molecule has 0 bridgehead atoms. The van der Waals surface area contributed by atoms with Crippen molar-refractivity contribution in [3.8, 4) is 0 Å². The van der Waals surface area contributed by atoms with Gasteiger partial charge in [0, 0.05) is 19.7 Å². The molecule has 1 heterocycles. The summed E-state index contributed by atoms with van der Waals surface area (Å²) in [5.74, 6) is -0.661. The first-order valence-electron chi connectivity index (χ1n) is 10.4. The van der Waals surface area contributed by atoms with Crippen LogP contribution in [0.5, 0.6) is 0 Å². The molecule has 0 fully saturated rings. The number of anilines is 1. The van der Waals surface area contributed by atoms with E-state index in [-0.39, 0.29) is 22.8 Å². The SMILES string of the molecule is COCn1c(C(O)(c2ccc(N(C)S(=O)(=O)c3ccccc3)cc2)C(F)(F)F)nc2ccccc21. The highest BCUT2D eigenvalue weighted by atomic mass is 32.2. The molecule has 3 aromatic carbocycles. The number of hydrogen-bond donors (Lipinski definition) is 1. The Balaban J connectivity index is 1.81. The lowest BCUT2D eigenvalue weighted by atomic mass is 9.91. The van der Waals surface area contributed by atoms with Gasteiger partial charge in [0.2, 0.25) is 5.60 Å². The maximum Gasteiger partial charge on any atom is 0.428 e. The van der Waals surface area contributed by atoms with Crippen molar-refractivity contribution in [1.82, 2.24) is 9.55 Å². The molecule has 0 spiro atoms. The number of alkyl halides is 3. The number of rotatable bonds is 7. The second-order valence-electron chi connectivity index (χ2n) is 7.81. The van der Waals surface area contributed by atoms with Crippen LogP contribution in [0.1, 0.15) is 11.4 Å². The average molecular weight is 506 g/mol. The van der Waals surface area contributed by atoms with Gasteiger partial charge in [-0.2, -0.15) is 13.2 Å². The summed E-state index contributed by atoms with van der Waals surface area (Å²) in [4.78, 5) is 4.12.